The van der Waals surface area contributed by atoms with Crippen LogP contribution in [0.15, 0.2) is 17.6 Å². The van der Waals surface area contributed by atoms with E-state index in [9.17, 15) is 14.8 Å². The molecule has 0 unspecified atom stereocenters. The summed E-state index contributed by atoms with van der Waals surface area (Å²) < 4.78 is 45.0. The number of ether oxygens (including phenoxy) is 1. The monoisotopic (exact) mass is 404 g/mol. The van der Waals surface area contributed by atoms with Gasteiger partial charge in [-0.15, -0.1) is 0 Å². The number of rotatable bonds is 4. The van der Waals surface area contributed by atoms with Crippen LogP contribution in [-0.4, -0.2) is 72.3 Å². The number of nitrogens with zero attached hydrogens (tertiary/aromatic N) is 5. The highest BCUT2D eigenvalue weighted by Gasteiger charge is 2.45. The van der Waals surface area contributed by atoms with Crippen molar-refractivity contribution < 1.29 is 37.9 Å². The third kappa shape index (κ3) is 2.99. The van der Waals surface area contributed by atoms with Crippen molar-refractivity contribution in [3.8, 4) is 0 Å². The average molecular weight is 404 g/mol. The molecule has 0 saturated carbocycles. The maximum Gasteiger partial charge on any atom is 0.469 e. The van der Waals surface area contributed by atoms with Crippen molar-refractivity contribution in [1.29, 1.82) is 0 Å². The fraction of sp³-hybridized carbons (Fsp3) is 0.462. The molecule has 2 aliphatic rings. The minimum atomic E-state index is -4.82. The second kappa shape index (κ2) is 6.21. The molecule has 0 amide bonds. The molecule has 1 saturated heterocycles. The molecule has 1 fully saturated rings. The Kier molecular flexibility index (Phi) is 3.42. The van der Waals surface area contributed by atoms with Crippen molar-refractivity contribution in [1.82, 2.24) is 14.5 Å². The lowest BCUT2D eigenvalue weighted by Crippen LogP contribution is -2.33. The largest absolute Gasteiger partial charge is 0.469 e. The molecule has 0 spiro atoms. The normalized spacial score (nSPS) is 30.1. The zero-order valence-corrected chi connectivity index (χ0v) is 14.3. The lowest BCUT2D eigenvalue weighted by atomic mass is 10.1. The quantitative estimate of drug-likeness (QED) is 0.286. The van der Waals surface area contributed by atoms with Crippen LogP contribution in [0.25, 0.3) is 11.0 Å². The number of nitrogens with two attached hydrogens (primary N) is 1. The molecule has 2 aromatic heterocycles. The number of phosphoric acid groups is 1. The summed E-state index contributed by atoms with van der Waals surface area (Å²) >= 11 is 0. The summed E-state index contributed by atoms with van der Waals surface area (Å²) in [6.45, 7) is -3.35. The van der Waals surface area contributed by atoms with Gasteiger partial charge in [-0.1, -0.05) is 0 Å². The molecule has 0 radical (unpaired) electrons. The third-order valence-electron chi connectivity index (χ3n) is 4.29. The number of aliphatic hydroxyl groups excluding tert-OH is 2. The molecular weight excluding hydrogens is 384 g/mol. The Balaban J connectivity index is 1.75. The lowest BCUT2D eigenvalue weighted by molar-refractivity contribution is -0.0501. The molecule has 4 rings (SSSR count). The van der Waals surface area contributed by atoms with Crippen LogP contribution in [0.4, 0.5) is 5.82 Å². The highest BCUT2D eigenvalue weighted by Crippen LogP contribution is 2.40. The van der Waals surface area contributed by atoms with E-state index < -0.39 is 45.9 Å². The SMILES string of the molecule is [2H][13C]([2H])([2H])N1N=C(N)c2cn([C@@H]3O[C@@H](COP(=O)(O)O)[C@H](O)[C@@H]3O)c3ncnc1c23. The highest BCUT2D eigenvalue weighted by atomic mass is 31.2. The Labute approximate surface area is 156 Å². The maximum absolute atomic E-state index is 10.9. The first-order chi connectivity index (χ1) is 13.9. The fourth-order valence-corrected chi connectivity index (χ4v) is 3.43. The first-order valence-corrected chi connectivity index (χ1v) is 9.13. The highest BCUT2D eigenvalue weighted by molar-refractivity contribution is 7.46. The van der Waals surface area contributed by atoms with Gasteiger partial charge < -0.3 is 35.0 Å². The number of phosphoric ester groups is 1. The Morgan fingerprint density at radius 3 is 2.89 bits per heavy atom. The van der Waals surface area contributed by atoms with Crippen LogP contribution >= 0.6 is 7.82 Å². The molecular formula is C13H17N6O7P. The number of amidine groups is 1. The van der Waals surface area contributed by atoms with Crippen LogP contribution < -0.4 is 10.7 Å². The van der Waals surface area contributed by atoms with Crippen LogP contribution in [0, 0.1) is 0 Å². The van der Waals surface area contributed by atoms with Crippen molar-refractivity contribution >= 4 is 30.5 Å². The molecule has 14 heteroatoms. The van der Waals surface area contributed by atoms with Crippen LogP contribution in [0.5, 0.6) is 0 Å². The minimum Gasteiger partial charge on any atom is -0.387 e. The molecule has 27 heavy (non-hydrogen) atoms. The van der Waals surface area contributed by atoms with Gasteiger partial charge in [-0.05, 0) is 0 Å². The van der Waals surface area contributed by atoms with E-state index in [1.54, 1.807) is 0 Å². The summed E-state index contributed by atoms with van der Waals surface area (Å²) in [6, 6.07) is 0. The van der Waals surface area contributed by atoms with Crippen LogP contribution in [0.2, 0.25) is 0 Å². The summed E-state index contributed by atoms with van der Waals surface area (Å²) in [5, 5.41) is 25.4. The molecule has 6 N–H and O–H groups in total. The number of aliphatic hydroxyl groups is 2. The van der Waals surface area contributed by atoms with E-state index in [4.69, 9.17) is 24.4 Å². The summed E-state index contributed by atoms with van der Waals surface area (Å²) in [6.07, 6.45) is -3.04. The first kappa shape index (κ1) is 14.9. The van der Waals surface area contributed by atoms with Gasteiger partial charge in [-0.25, -0.2) is 19.5 Å². The zero-order chi connectivity index (χ0) is 22.0. The standard InChI is InChI=1S/C13H17N6O7P/c1-18-11-7-5(10(14)17-18)2-19(12(7)16-4-15-11)13-9(21)8(20)6(26-13)3-25-27(22,23)24/h2,4,6,8-9,13,20-21H,3H2,1H3,(H2,14,17)(H2,22,23,24)/t6-,8-,9-,13+/m0/s1/i1+1D3. The van der Waals surface area contributed by atoms with E-state index in [1.807, 2.05) is 0 Å². The van der Waals surface area contributed by atoms with Crippen molar-refractivity contribution in [2.75, 3.05) is 18.6 Å². The molecule has 0 aliphatic carbocycles. The molecule has 2 aromatic rings. The number of hydrazone groups is 1. The molecule has 2 aliphatic heterocycles. The average Bonchev–Trinajstić information content (AvgIpc) is 3.15. The molecule has 13 nitrogen and oxygen atoms in total. The molecule has 4 heterocycles. The van der Waals surface area contributed by atoms with E-state index in [2.05, 4.69) is 19.6 Å². The zero-order valence-electron chi connectivity index (χ0n) is 16.4. The fourth-order valence-electron chi connectivity index (χ4n) is 3.09. The van der Waals surface area contributed by atoms with E-state index in [0.29, 0.717) is 10.6 Å². The predicted molar refractivity (Wildman–Crippen MR) is 90.6 cm³/mol. The topological polar surface area (TPSA) is 189 Å². The van der Waals surface area contributed by atoms with E-state index in [1.165, 1.54) is 10.8 Å². The van der Waals surface area contributed by atoms with Gasteiger partial charge in [0, 0.05) is 22.8 Å². The summed E-state index contributed by atoms with van der Waals surface area (Å²) in [5.41, 5.74) is 6.36. The van der Waals surface area contributed by atoms with Gasteiger partial charge >= 0.3 is 7.82 Å². The maximum atomic E-state index is 10.9. The number of hydrogen-bond donors (Lipinski definition) is 5. The predicted octanol–water partition coefficient (Wildman–Crippen LogP) is -1.77. The Bertz CT molecular complexity index is 1070. The number of anilines is 1. The van der Waals surface area contributed by atoms with Gasteiger partial charge in [0.1, 0.15) is 30.3 Å². The van der Waals surface area contributed by atoms with Crippen molar-refractivity contribution in [2.45, 2.75) is 24.5 Å². The van der Waals surface area contributed by atoms with Crippen molar-refractivity contribution in [3.63, 3.8) is 0 Å². The minimum absolute atomic E-state index is 0.0302. The van der Waals surface area contributed by atoms with Crippen molar-refractivity contribution in [3.05, 3.63) is 18.1 Å². The summed E-state index contributed by atoms with van der Waals surface area (Å²) in [7, 11) is -4.82. The second-order valence-electron chi connectivity index (χ2n) is 5.98. The molecule has 4 atom stereocenters. The van der Waals surface area contributed by atoms with Gasteiger partial charge in [0.05, 0.1) is 12.0 Å². The van der Waals surface area contributed by atoms with Crippen molar-refractivity contribution in [2.24, 2.45) is 10.8 Å². The van der Waals surface area contributed by atoms with Gasteiger partial charge in [0.15, 0.2) is 17.9 Å². The second-order valence-corrected chi connectivity index (χ2v) is 7.21. The van der Waals surface area contributed by atoms with Crippen LogP contribution in [-0.2, 0) is 13.8 Å². The summed E-state index contributed by atoms with van der Waals surface area (Å²) in [4.78, 5) is 25.8. The lowest BCUT2D eigenvalue weighted by Gasteiger charge is -2.19. The van der Waals surface area contributed by atoms with Crippen LogP contribution in [0.3, 0.4) is 0 Å². The molecule has 146 valence electrons. The Hall–Kier alpha value is -2.12. The van der Waals surface area contributed by atoms with Gasteiger partial charge in [-0.2, -0.15) is 5.10 Å². The Morgan fingerprint density at radius 1 is 1.41 bits per heavy atom. The van der Waals surface area contributed by atoms with E-state index in [-0.39, 0.29) is 22.7 Å². The summed E-state index contributed by atoms with van der Waals surface area (Å²) in [5.74, 6) is -0.163. The molecule has 0 bridgehead atoms. The number of aromatic nitrogens is 3. The first-order valence-electron chi connectivity index (χ1n) is 9.10. The smallest absolute Gasteiger partial charge is 0.387 e. The third-order valence-corrected chi connectivity index (χ3v) is 4.78. The van der Waals surface area contributed by atoms with Gasteiger partial charge in [0.25, 0.3) is 0 Å². The van der Waals surface area contributed by atoms with Crippen LogP contribution in [0.1, 0.15) is 15.9 Å². The van der Waals surface area contributed by atoms with Gasteiger partial charge in [-0.3, -0.25) is 4.52 Å². The number of hydrogen-bond acceptors (Lipinski definition) is 10. The van der Waals surface area contributed by atoms with Gasteiger partial charge in [0.2, 0.25) is 0 Å². The van der Waals surface area contributed by atoms with E-state index in [0.717, 1.165) is 6.33 Å². The Morgan fingerprint density at radius 2 is 2.19 bits per heavy atom. The van der Waals surface area contributed by atoms with E-state index >= 15 is 0 Å². The molecule has 0 aromatic carbocycles.